The Labute approximate surface area is 167 Å². The SMILES string of the molecule is CCOc1ccc(/C=C/C(=O)N2CCN(Cc3ccc(OC)cc3)CC2)cc1. The zero-order valence-corrected chi connectivity index (χ0v) is 16.6. The van der Waals surface area contributed by atoms with Crippen molar-refractivity contribution in [3.63, 3.8) is 0 Å². The van der Waals surface area contributed by atoms with Crippen LogP contribution in [0.4, 0.5) is 0 Å². The van der Waals surface area contributed by atoms with Gasteiger partial charge in [-0.1, -0.05) is 24.3 Å². The molecule has 5 nitrogen and oxygen atoms in total. The van der Waals surface area contributed by atoms with Crippen LogP contribution in [0.25, 0.3) is 6.08 Å². The summed E-state index contributed by atoms with van der Waals surface area (Å²) in [5, 5.41) is 0. The molecule has 1 amide bonds. The minimum absolute atomic E-state index is 0.0676. The number of nitrogens with zero attached hydrogens (tertiary/aromatic N) is 2. The van der Waals surface area contributed by atoms with Crippen molar-refractivity contribution in [2.75, 3.05) is 39.9 Å². The van der Waals surface area contributed by atoms with E-state index in [1.54, 1.807) is 13.2 Å². The molecular formula is C23H28N2O3. The highest BCUT2D eigenvalue weighted by atomic mass is 16.5. The van der Waals surface area contributed by atoms with Gasteiger partial charge in [0.15, 0.2) is 0 Å². The van der Waals surface area contributed by atoms with Crippen LogP contribution < -0.4 is 9.47 Å². The third-order valence-electron chi connectivity index (χ3n) is 4.86. The van der Waals surface area contributed by atoms with Crippen molar-refractivity contribution in [1.82, 2.24) is 9.80 Å². The molecule has 2 aromatic carbocycles. The monoisotopic (exact) mass is 380 g/mol. The Bertz CT molecular complexity index is 776. The average molecular weight is 380 g/mol. The van der Waals surface area contributed by atoms with Crippen molar-refractivity contribution in [3.05, 3.63) is 65.7 Å². The van der Waals surface area contributed by atoms with Gasteiger partial charge in [0.1, 0.15) is 11.5 Å². The van der Waals surface area contributed by atoms with Crippen molar-refractivity contribution in [3.8, 4) is 11.5 Å². The summed E-state index contributed by atoms with van der Waals surface area (Å²) in [6.45, 7) is 6.78. The molecule has 1 aliphatic rings. The number of benzene rings is 2. The lowest BCUT2D eigenvalue weighted by atomic mass is 10.2. The van der Waals surface area contributed by atoms with Crippen molar-refractivity contribution < 1.29 is 14.3 Å². The van der Waals surface area contributed by atoms with Gasteiger partial charge in [-0.3, -0.25) is 9.69 Å². The van der Waals surface area contributed by atoms with Gasteiger partial charge in [0.2, 0.25) is 5.91 Å². The highest BCUT2D eigenvalue weighted by molar-refractivity contribution is 5.91. The Morgan fingerprint density at radius 1 is 0.964 bits per heavy atom. The Morgan fingerprint density at radius 3 is 2.21 bits per heavy atom. The third kappa shape index (κ3) is 5.60. The number of piperazine rings is 1. The van der Waals surface area contributed by atoms with Gasteiger partial charge in [-0.15, -0.1) is 0 Å². The first kappa shape index (κ1) is 20.0. The summed E-state index contributed by atoms with van der Waals surface area (Å²) in [7, 11) is 1.68. The molecule has 5 heteroatoms. The van der Waals surface area contributed by atoms with E-state index >= 15 is 0 Å². The van der Waals surface area contributed by atoms with E-state index in [4.69, 9.17) is 9.47 Å². The zero-order valence-electron chi connectivity index (χ0n) is 16.6. The molecule has 148 valence electrons. The Hall–Kier alpha value is -2.79. The van der Waals surface area contributed by atoms with Crippen LogP contribution in [-0.2, 0) is 11.3 Å². The molecule has 1 aliphatic heterocycles. The fourth-order valence-corrected chi connectivity index (χ4v) is 3.23. The lowest BCUT2D eigenvalue weighted by Crippen LogP contribution is -2.47. The van der Waals surface area contributed by atoms with E-state index in [1.165, 1.54) is 5.56 Å². The molecule has 3 rings (SSSR count). The molecular weight excluding hydrogens is 352 g/mol. The summed E-state index contributed by atoms with van der Waals surface area (Å²) in [6.07, 6.45) is 3.52. The topological polar surface area (TPSA) is 42.0 Å². The molecule has 0 unspecified atom stereocenters. The molecule has 0 saturated carbocycles. The molecule has 0 radical (unpaired) electrons. The molecule has 1 saturated heterocycles. The highest BCUT2D eigenvalue weighted by Gasteiger charge is 2.19. The summed E-state index contributed by atoms with van der Waals surface area (Å²) < 4.78 is 10.6. The Kier molecular flexibility index (Phi) is 7.09. The normalized spacial score (nSPS) is 15.0. The lowest BCUT2D eigenvalue weighted by molar-refractivity contribution is -0.127. The van der Waals surface area contributed by atoms with Crippen LogP contribution in [0.3, 0.4) is 0 Å². The number of hydrogen-bond donors (Lipinski definition) is 0. The van der Waals surface area contributed by atoms with E-state index in [0.717, 1.165) is 49.8 Å². The van der Waals surface area contributed by atoms with E-state index in [-0.39, 0.29) is 5.91 Å². The molecule has 28 heavy (non-hydrogen) atoms. The molecule has 1 heterocycles. The van der Waals surface area contributed by atoms with Gasteiger partial charge in [-0.2, -0.15) is 0 Å². The van der Waals surface area contributed by atoms with Crippen LogP contribution in [0, 0.1) is 0 Å². The number of ether oxygens (including phenoxy) is 2. The number of methoxy groups -OCH3 is 1. The Morgan fingerprint density at radius 2 is 1.61 bits per heavy atom. The van der Waals surface area contributed by atoms with E-state index in [1.807, 2.05) is 54.3 Å². The van der Waals surface area contributed by atoms with Crippen LogP contribution >= 0.6 is 0 Å². The maximum Gasteiger partial charge on any atom is 0.246 e. The standard InChI is InChI=1S/C23H28N2O3/c1-3-28-22-11-4-19(5-12-22)8-13-23(26)25-16-14-24(15-17-25)18-20-6-9-21(27-2)10-7-20/h4-13H,3,14-18H2,1-2H3/b13-8+. The first-order chi connectivity index (χ1) is 13.7. The van der Waals surface area contributed by atoms with Gasteiger partial charge in [0, 0.05) is 38.8 Å². The predicted molar refractivity (Wildman–Crippen MR) is 111 cm³/mol. The van der Waals surface area contributed by atoms with Crippen LogP contribution in [0.1, 0.15) is 18.1 Å². The maximum atomic E-state index is 12.5. The van der Waals surface area contributed by atoms with Gasteiger partial charge >= 0.3 is 0 Å². The quantitative estimate of drug-likeness (QED) is 0.690. The summed E-state index contributed by atoms with van der Waals surface area (Å²) in [4.78, 5) is 16.7. The summed E-state index contributed by atoms with van der Waals surface area (Å²) >= 11 is 0. The average Bonchev–Trinajstić information content (AvgIpc) is 2.74. The number of hydrogen-bond acceptors (Lipinski definition) is 4. The van der Waals surface area contributed by atoms with Crippen LogP contribution in [0.15, 0.2) is 54.6 Å². The second-order valence-corrected chi connectivity index (χ2v) is 6.78. The predicted octanol–water partition coefficient (Wildman–Crippen LogP) is 3.45. The van der Waals surface area contributed by atoms with E-state index in [2.05, 4.69) is 17.0 Å². The van der Waals surface area contributed by atoms with Crippen molar-refractivity contribution >= 4 is 12.0 Å². The summed E-state index contributed by atoms with van der Waals surface area (Å²) in [5.74, 6) is 1.79. The second kappa shape index (κ2) is 9.95. The van der Waals surface area contributed by atoms with Gasteiger partial charge in [-0.25, -0.2) is 0 Å². The van der Waals surface area contributed by atoms with Gasteiger partial charge < -0.3 is 14.4 Å². The van der Waals surface area contributed by atoms with Crippen LogP contribution in [-0.4, -0.2) is 55.6 Å². The fourth-order valence-electron chi connectivity index (χ4n) is 3.23. The minimum Gasteiger partial charge on any atom is -0.497 e. The third-order valence-corrected chi connectivity index (χ3v) is 4.86. The maximum absolute atomic E-state index is 12.5. The fraction of sp³-hybridized carbons (Fsp3) is 0.348. The van der Waals surface area contributed by atoms with Gasteiger partial charge in [0.25, 0.3) is 0 Å². The summed E-state index contributed by atoms with van der Waals surface area (Å²) in [5.41, 5.74) is 2.26. The molecule has 0 atom stereocenters. The first-order valence-electron chi connectivity index (χ1n) is 9.73. The van der Waals surface area contributed by atoms with Crippen LogP contribution in [0.2, 0.25) is 0 Å². The van der Waals surface area contributed by atoms with Crippen molar-refractivity contribution in [2.45, 2.75) is 13.5 Å². The molecule has 0 aliphatic carbocycles. The zero-order chi connectivity index (χ0) is 19.8. The van der Waals surface area contributed by atoms with E-state index in [9.17, 15) is 4.79 Å². The molecule has 0 aromatic heterocycles. The van der Waals surface area contributed by atoms with Crippen LogP contribution in [0.5, 0.6) is 11.5 Å². The molecule has 2 aromatic rings. The smallest absolute Gasteiger partial charge is 0.246 e. The second-order valence-electron chi connectivity index (χ2n) is 6.78. The molecule has 1 fully saturated rings. The van der Waals surface area contributed by atoms with Crippen molar-refractivity contribution in [2.24, 2.45) is 0 Å². The minimum atomic E-state index is 0.0676. The molecule has 0 spiro atoms. The molecule has 0 N–H and O–H groups in total. The Balaban J connectivity index is 1.46. The van der Waals surface area contributed by atoms with E-state index in [0.29, 0.717) is 6.61 Å². The van der Waals surface area contributed by atoms with Gasteiger partial charge in [0.05, 0.1) is 13.7 Å². The number of carbonyl (C=O) groups is 1. The lowest BCUT2D eigenvalue weighted by Gasteiger charge is -2.34. The van der Waals surface area contributed by atoms with E-state index < -0.39 is 0 Å². The van der Waals surface area contributed by atoms with Crippen molar-refractivity contribution in [1.29, 1.82) is 0 Å². The number of rotatable bonds is 7. The first-order valence-corrected chi connectivity index (χ1v) is 9.73. The number of carbonyl (C=O) groups excluding carboxylic acids is 1. The van der Waals surface area contributed by atoms with Gasteiger partial charge in [-0.05, 0) is 48.4 Å². The molecule has 0 bridgehead atoms. The number of amides is 1. The largest absolute Gasteiger partial charge is 0.497 e. The summed E-state index contributed by atoms with van der Waals surface area (Å²) in [6, 6.07) is 15.9. The highest BCUT2D eigenvalue weighted by Crippen LogP contribution is 2.15.